The molecule has 2 unspecified atom stereocenters. The average molecular weight is 303 g/mol. The monoisotopic (exact) mass is 303 g/mol. The van der Waals surface area contributed by atoms with Gasteiger partial charge in [0, 0.05) is 18.5 Å². The number of hydrogen-bond donors (Lipinski definition) is 2. The van der Waals surface area contributed by atoms with Crippen molar-refractivity contribution in [1.29, 1.82) is 0 Å². The van der Waals surface area contributed by atoms with Crippen LogP contribution in [0, 0.1) is 6.92 Å². The number of amides is 2. The highest BCUT2D eigenvalue weighted by molar-refractivity contribution is 5.85. The van der Waals surface area contributed by atoms with Crippen LogP contribution in [0.2, 0.25) is 0 Å². The number of aryl methyl sites for hydroxylation is 1. The molecular formula is C17H25N3O2. The zero-order chi connectivity index (χ0) is 16.5. The molecule has 1 aromatic rings. The van der Waals surface area contributed by atoms with Gasteiger partial charge in [0.1, 0.15) is 6.04 Å². The Morgan fingerprint density at radius 3 is 2.41 bits per heavy atom. The molecule has 2 amide bonds. The lowest BCUT2D eigenvalue weighted by molar-refractivity contribution is -0.131. The van der Waals surface area contributed by atoms with Crippen LogP contribution in [0.4, 0.5) is 0 Å². The van der Waals surface area contributed by atoms with Gasteiger partial charge in [0.15, 0.2) is 0 Å². The molecule has 0 radical (unpaired) electrons. The van der Waals surface area contributed by atoms with E-state index in [2.05, 4.69) is 5.32 Å². The van der Waals surface area contributed by atoms with Gasteiger partial charge in [0.2, 0.25) is 11.8 Å². The number of nitrogens with one attached hydrogen (secondary N) is 1. The predicted molar refractivity (Wildman–Crippen MR) is 86.1 cm³/mol. The molecule has 5 heteroatoms. The summed E-state index contributed by atoms with van der Waals surface area (Å²) in [5, 5.41) is 2.90. The number of nitrogens with zero attached hydrogens (tertiary/aromatic N) is 1. The SMILES string of the molecule is Cc1ccc(C(N)C(=O)NC2CC(=O)N(C(C)(C)C)C2)cc1. The highest BCUT2D eigenvalue weighted by Gasteiger charge is 2.37. The highest BCUT2D eigenvalue weighted by Crippen LogP contribution is 2.22. The molecule has 0 aromatic heterocycles. The third-order valence-electron chi connectivity index (χ3n) is 4.00. The quantitative estimate of drug-likeness (QED) is 0.889. The van der Waals surface area contributed by atoms with Crippen LogP contribution in [0.1, 0.15) is 44.4 Å². The summed E-state index contributed by atoms with van der Waals surface area (Å²) >= 11 is 0. The van der Waals surface area contributed by atoms with Crippen molar-refractivity contribution in [3.05, 3.63) is 35.4 Å². The standard InChI is InChI=1S/C17H25N3O2/c1-11-5-7-12(8-6-11)15(18)16(22)19-13-9-14(21)20(10-13)17(2,3)4/h5-8,13,15H,9-10,18H2,1-4H3,(H,19,22). The summed E-state index contributed by atoms with van der Waals surface area (Å²) in [5.41, 5.74) is 7.69. The summed E-state index contributed by atoms with van der Waals surface area (Å²) in [4.78, 5) is 26.1. The fourth-order valence-corrected chi connectivity index (χ4v) is 2.67. The zero-order valence-electron chi connectivity index (χ0n) is 13.7. The number of likely N-dealkylation sites (tertiary alicyclic amines) is 1. The first-order valence-corrected chi connectivity index (χ1v) is 7.61. The molecule has 1 aromatic carbocycles. The number of carbonyl (C=O) groups is 2. The number of nitrogens with two attached hydrogens (primary N) is 1. The lowest BCUT2D eigenvalue weighted by Crippen LogP contribution is -2.46. The van der Waals surface area contributed by atoms with E-state index in [1.165, 1.54) is 0 Å². The van der Waals surface area contributed by atoms with Gasteiger partial charge in [0.05, 0.1) is 6.04 Å². The number of rotatable bonds is 3. The first-order valence-electron chi connectivity index (χ1n) is 7.61. The Morgan fingerprint density at radius 1 is 1.32 bits per heavy atom. The highest BCUT2D eigenvalue weighted by atomic mass is 16.2. The van der Waals surface area contributed by atoms with E-state index in [0.717, 1.165) is 11.1 Å². The number of carbonyl (C=O) groups excluding carboxylic acids is 2. The Bertz CT molecular complexity index is 560. The Labute approximate surface area is 131 Å². The maximum Gasteiger partial charge on any atom is 0.241 e. The van der Waals surface area contributed by atoms with Crippen LogP contribution in [0.15, 0.2) is 24.3 Å². The summed E-state index contributed by atoms with van der Waals surface area (Å²) in [6.45, 7) is 8.50. The van der Waals surface area contributed by atoms with Crippen molar-refractivity contribution in [3.8, 4) is 0 Å². The van der Waals surface area contributed by atoms with E-state index >= 15 is 0 Å². The van der Waals surface area contributed by atoms with Crippen LogP contribution in [0.3, 0.4) is 0 Å². The van der Waals surface area contributed by atoms with Gasteiger partial charge in [-0.3, -0.25) is 9.59 Å². The molecule has 0 bridgehead atoms. The molecule has 1 heterocycles. The molecule has 5 nitrogen and oxygen atoms in total. The van der Waals surface area contributed by atoms with Crippen LogP contribution in [0.5, 0.6) is 0 Å². The Balaban J connectivity index is 1.98. The van der Waals surface area contributed by atoms with E-state index in [9.17, 15) is 9.59 Å². The normalized spacial score (nSPS) is 20.1. The second-order valence-corrected chi connectivity index (χ2v) is 6.97. The van der Waals surface area contributed by atoms with Crippen LogP contribution in [-0.2, 0) is 9.59 Å². The zero-order valence-corrected chi connectivity index (χ0v) is 13.7. The van der Waals surface area contributed by atoms with Gasteiger partial charge < -0.3 is 16.0 Å². The molecule has 0 spiro atoms. The molecule has 1 saturated heterocycles. The summed E-state index contributed by atoms with van der Waals surface area (Å²) in [6.07, 6.45) is 0.337. The maximum atomic E-state index is 12.3. The largest absolute Gasteiger partial charge is 0.349 e. The summed E-state index contributed by atoms with van der Waals surface area (Å²) in [6, 6.07) is 6.71. The van der Waals surface area contributed by atoms with Crippen molar-refractivity contribution in [2.75, 3.05) is 6.54 Å². The second-order valence-electron chi connectivity index (χ2n) is 6.97. The minimum Gasteiger partial charge on any atom is -0.349 e. The average Bonchev–Trinajstić information content (AvgIpc) is 2.79. The molecule has 2 atom stereocenters. The van der Waals surface area contributed by atoms with Gasteiger partial charge in [0.25, 0.3) is 0 Å². The van der Waals surface area contributed by atoms with Gasteiger partial charge in [-0.25, -0.2) is 0 Å². The molecule has 1 aliphatic rings. The molecule has 120 valence electrons. The molecule has 2 rings (SSSR count). The van der Waals surface area contributed by atoms with Crippen molar-refractivity contribution < 1.29 is 9.59 Å². The Hall–Kier alpha value is -1.88. The van der Waals surface area contributed by atoms with Crippen LogP contribution >= 0.6 is 0 Å². The molecule has 0 aliphatic carbocycles. The van der Waals surface area contributed by atoms with Crippen LogP contribution in [-0.4, -0.2) is 34.8 Å². The number of hydrogen-bond acceptors (Lipinski definition) is 3. The van der Waals surface area contributed by atoms with Gasteiger partial charge in [-0.2, -0.15) is 0 Å². The lowest BCUT2D eigenvalue weighted by atomic mass is 10.0. The minimum absolute atomic E-state index is 0.0710. The molecule has 22 heavy (non-hydrogen) atoms. The van der Waals surface area contributed by atoms with Crippen molar-refractivity contribution in [3.63, 3.8) is 0 Å². The van der Waals surface area contributed by atoms with Gasteiger partial charge in [-0.15, -0.1) is 0 Å². The Kier molecular flexibility index (Phi) is 4.56. The van der Waals surface area contributed by atoms with Crippen LogP contribution < -0.4 is 11.1 Å². The first kappa shape index (κ1) is 16.5. The number of benzene rings is 1. The minimum atomic E-state index is -0.709. The molecule has 0 saturated carbocycles. The van der Waals surface area contributed by atoms with E-state index in [-0.39, 0.29) is 23.4 Å². The van der Waals surface area contributed by atoms with Crippen molar-refractivity contribution >= 4 is 11.8 Å². The third kappa shape index (κ3) is 3.65. The third-order valence-corrected chi connectivity index (χ3v) is 4.00. The van der Waals surface area contributed by atoms with Crippen LogP contribution in [0.25, 0.3) is 0 Å². The molecule has 1 fully saturated rings. The van der Waals surface area contributed by atoms with Crippen molar-refractivity contribution in [1.82, 2.24) is 10.2 Å². The van der Waals surface area contributed by atoms with E-state index in [1.54, 1.807) is 4.90 Å². The summed E-state index contributed by atoms with van der Waals surface area (Å²) in [5.74, 6) is -0.167. The first-order chi connectivity index (χ1) is 10.2. The fourth-order valence-electron chi connectivity index (χ4n) is 2.67. The topological polar surface area (TPSA) is 75.4 Å². The van der Waals surface area contributed by atoms with E-state index < -0.39 is 6.04 Å². The second kappa shape index (κ2) is 6.08. The lowest BCUT2D eigenvalue weighted by Gasteiger charge is -2.32. The maximum absolute atomic E-state index is 12.3. The molecule has 1 aliphatic heterocycles. The van der Waals surface area contributed by atoms with Gasteiger partial charge in [-0.1, -0.05) is 29.8 Å². The summed E-state index contributed by atoms with van der Waals surface area (Å²) < 4.78 is 0. The van der Waals surface area contributed by atoms with Gasteiger partial charge >= 0.3 is 0 Å². The smallest absolute Gasteiger partial charge is 0.241 e. The Morgan fingerprint density at radius 2 is 1.91 bits per heavy atom. The van der Waals surface area contributed by atoms with E-state index in [4.69, 9.17) is 5.73 Å². The van der Waals surface area contributed by atoms with Gasteiger partial charge in [-0.05, 0) is 33.3 Å². The van der Waals surface area contributed by atoms with E-state index in [0.29, 0.717) is 13.0 Å². The van der Waals surface area contributed by atoms with E-state index in [1.807, 2.05) is 52.0 Å². The van der Waals surface area contributed by atoms with Crippen molar-refractivity contribution in [2.24, 2.45) is 5.73 Å². The predicted octanol–water partition coefficient (Wildman–Crippen LogP) is 1.51. The fraction of sp³-hybridized carbons (Fsp3) is 0.529. The summed E-state index contributed by atoms with van der Waals surface area (Å²) in [7, 11) is 0. The van der Waals surface area contributed by atoms with Crippen molar-refractivity contribution in [2.45, 2.75) is 51.7 Å². The molecular weight excluding hydrogens is 278 g/mol. The molecule has 3 N–H and O–H groups in total.